The molecule has 22 heavy (non-hydrogen) atoms. The summed E-state index contributed by atoms with van der Waals surface area (Å²) in [5.74, 6) is 0.207. The van der Waals surface area contributed by atoms with Crippen LogP contribution in [0.5, 0.6) is 0 Å². The number of aromatic amines is 1. The van der Waals surface area contributed by atoms with E-state index < -0.39 is 0 Å². The Labute approximate surface area is 136 Å². The largest absolute Gasteiger partial charge is 0.270 e. The van der Waals surface area contributed by atoms with E-state index in [0.29, 0.717) is 21.2 Å². The van der Waals surface area contributed by atoms with Crippen LogP contribution in [0.25, 0.3) is 11.4 Å². The first-order chi connectivity index (χ1) is 10.6. The van der Waals surface area contributed by atoms with Crippen LogP contribution in [-0.2, 0) is 0 Å². The smallest absolute Gasteiger partial charge is 0.267 e. The minimum Gasteiger partial charge on any atom is -0.267 e. The molecule has 0 saturated carbocycles. The normalized spacial score (nSPS) is 10.4. The maximum absolute atomic E-state index is 12.3. The molecule has 5 nitrogen and oxygen atoms in total. The van der Waals surface area contributed by atoms with Gasteiger partial charge in [0.1, 0.15) is 0 Å². The summed E-state index contributed by atoms with van der Waals surface area (Å²) in [7, 11) is 0. The molecule has 0 fully saturated rings. The lowest BCUT2D eigenvalue weighted by molar-refractivity contribution is 0.101. The summed E-state index contributed by atoms with van der Waals surface area (Å²) in [4.78, 5) is 12.3. The quantitative estimate of drug-likeness (QED) is 0.721. The van der Waals surface area contributed by atoms with Crippen LogP contribution in [0.3, 0.4) is 0 Å². The predicted molar refractivity (Wildman–Crippen MR) is 88.0 cm³/mol. The van der Waals surface area contributed by atoms with Gasteiger partial charge in [-0.1, -0.05) is 48.0 Å². The van der Waals surface area contributed by atoms with Crippen LogP contribution < -0.4 is 5.43 Å². The number of aromatic nitrogens is 3. The second-order valence-corrected chi connectivity index (χ2v) is 5.33. The molecule has 0 saturated heterocycles. The maximum Gasteiger partial charge on any atom is 0.270 e. The van der Waals surface area contributed by atoms with E-state index in [9.17, 15) is 4.79 Å². The number of hydrogen-bond donors (Lipinski definition) is 2. The fourth-order valence-electron chi connectivity index (χ4n) is 1.98. The van der Waals surface area contributed by atoms with E-state index >= 15 is 0 Å². The van der Waals surface area contributed by atoms with Crippen molar-refractivity contribution < 1.29 is 4.79 Å². The highest BCUT2D eigenvalue weighted by atomic mass is 35.5. The number of carbonyl (C=O) groups excluding carboxylic acids is 1. The Morgan fingerprint density at radius 3 is 2.68 bits per heavy atom. The highest BCUT2D eigenvalue weighted by molar-refractivity contribution is 7.71. The van der Waals surface area contributed by atoms with Crippen LogP contribution in [0.1, 0.15) is 10.4 Å². The second kappa shape index (κ2) is 6.13. The van der Waals surface area contributed by atoms with E-state index in [-0.39, 0.29) is 5.91 Å². The van der Waals surface area contributed by atoms with E-state index in [2.05, 4.69) is 15.6 Å². The lowest BCUT2D eigenvalue weighted by Crippen LogP contribution is -2.23. The minimum atomic E-state index is -0.322. The Morgan fingerprint density at radius 2 is 1.95 bits per heavy atom. The van der Waals surface area contributed by atoms with E-state index in [1.807, 2.05) is 30.3 Å². The molecule has 1 amide bonds. The third kappa shape index (κ3) is 2.93. The van der Waals surface area contributed by atoms with Crippen molar-refractivity contribution in [2.75, 3.05) is 5.43 Å². The Kier molecular flexibility index (Phi) is 4.04. The number of rotatable bonds is 3. The van der Waals surface area contributed by atoms with Gasteiger partial charge < -0.3 is 0 Å². The number of nitrogens with zero attached hydrogens (tertiary/aromatic N) is 2. The summed E-state index contributed by atoms with van der Waals surface area (Å²) in [5, 5.41) is 7.33. The van der Waals surface area contributed by atoms with Crippen molar-refractivity contribution in [3.8, 4) is 11.4 Å². The van der Waals surface area contributed by atoms with Crippen LogP contribution in [0.4, 0.5) is 0 Å². The predicted octanol–water partition coefficient (Wildman–Crippen LogP) is 3.64. The van der Waals surface area contributed by atoms with Crippen molar-refractivity contribution in [3.63, 3.8) is 0 Å². The first-order valence-corrected chi connectivity index (χ1v) is 7.23. The molecule has 0 radical (unpaired) electrons. The zero-order valence-corrected chi connectivity index (χ0v) is 12.9. The first kappa shape index (κ1) is 14.5. The molecular formula is C15H11ClN4OS. The molecule has 0 unspecified atom stereocenters. The van der Waals surface area contributed by atoms with Crippen molar-refractivity contribution in [1.82, 2.24) is 14.9 Å². The fourth-order valence-corrected chi connectivity index (χ4v) is 2.35. The Balaban J connectivity index is 1.95. The van der Waals surface area contributed by atoms with Crippen LogP contribution >= 0.6 is 23.8 Å². The van der Waals surface area contributed by atoms with Gasteiger partial charge in [-0.15, -0.1) is 0 Å². The van der Waals surface area contributed by atoms with Gasteiger partial charge in [0, 0.05) is 16.1 Å². The number of halogens is 1. The minimum absolute atomic E-state index is 0.300. The van der Waals surface area contributed by atoms with Gasteiger partial charge in [-0.25, -0.2) is 9.77 Å². The summed E-state index contributed by atoms with van der Waals surface area (Å²) >= 11 is 11.1. The fraction of sp³-hybridized carbons (Fsp3) is 0. The van der Waals surface area contributed by atoms with Crippen molar-refractivity contribution in [2.45, 2.75) is 0 Å². The highest BCUT2D eigenvalue weighted by Crippen LogP contribution is 2.16. The van der Waals surface area contributed by atoms with Gasteiger partial charge in [0.2, 0.25) is 4.77 Å². The molecule has 7 heteroatoms. The lowest BCUT2D eigenvalue weighted by atomic mass is 10.2. The summed E-state index contributed by atoms with van der Waals surface area (Å²) < 4.78 is 1.74. The van der Waals surface area contributed by atoms with Gasteiger partial charge in [-0.3, -0.25) is 10.2 Å². The standard InChI is InChI=1S/C15H11ClN4OS/c16-12-8-4-7-11(9-12)14(21)19-20-13(17-18-15(20)22)10-5-2-1-3-6-10/h1-9H,(H,18,22)(H,19,21). The van der Waals surface area contributed by atoms with E-state index in [0.717, 1.165) is 5.56 Å². The number of nitrogens with one attached hydrogen (secondary N) is 2. The van der Waals surface area contributed by atoms with E-state index in [1.165, 1.54) is 4.68 Å². The molecule has 3 rings (SSSR count). The second-order valence-electron chi connectivity index (χ2n) is 4.51. The van der Waals surface area contributed by atoms with Crippen LogP contribution in [-0.4, -0.2) is 20.8 Å². The topological polar surface area (TPSA) is 62.7 Å². The molecule has 0 bridgehead atoms. The molecule has 110 valence electrons. The first-order valence-electron chi connectivity index (χ1n) is 6.45. The zero-order chi connectivity index (χ0) is 15.5. The zero-order valence-electron chi connectivity index (χ0n) is 11.3. The number of carbonyl (C=O) groups is 1. The van der Waals surface area contributed by atoms with Crippen LogP contribution in [0.15, 0.2) is 54.6 Å². The van der Waals surface area contributed by atoms with Gasteiger partial charge in [-0.2, -0.15) is 5.10 Å². The number of H-pyrrole nitrogens is 1. The molecule has 2 aromatic carbocycles. The average Bonchev–Trinajstić information content (AvgIpc) is 2.89. The van der Waals surface area contributed by atoms with Gasteiger partial charge in [0.25, 0.3) is 5.91 Å². The maximum atomic E-state index is 12.3. The van der Waals surface area contributed by atoms with Crippen molar-refractivity contribution >= 4 is 29.7 Å². The molecular weight excluding hydrogens is 320 g/mol. The Bertz CT molecular complexity index is 873. The molecule has 2 N–H and O–H groups in total. The van der Waals surface area contributed by atoms with Gasteiger partial charge in [0.15, 0.2) is 5.82 Å². The van der Waals surface area contributed by atoms with E-state index in [1.54, 1.807) is 24.3 Å². The van der Waals surface area contributed by atoms with E-state index in [4.69, 9.17) is 23.8 Å². The van der Waals surface area contributed by atoms with Crippen molar-refractivity contribution in [1.29, 1.82) is 0 Å². The summed E-state index contributed by atoms with van der Waals surface area (Å²) in [6.45, 7) is 0. The summed E-state index contributed by atoms with van der Waals surface area (Å²) in [6.07, 6.45) is 0. The number of hydrogen-bond acceptors (Lipinski definition) is 3. The lowest BCUT2D eigenvalue weighted by Gasteiger charge is -2.09. The molecule has 0 aliphatic rings. The monoisotopic (exact) mass is 330 g/mol. The summed E-state index contributed by atoms with van der Waals surface area (Å²) in [6, 6.07) is 16.1. The number of benzene rings is 2. The van der Waals surface area contributed by atoms with Gasteiger partial charge in [0.05, 0.1) is 0 Å². The van der Waals surface area contributed by atoms with Gasteiger partial charge >= 0.3 is 0 Å². The van der Waals surface area contributed by atoms with Crippen molar-refractivity contribution in [3.05, 3.63) is 70.0 Å². The molecule has 0 atom stereocenters. The molecule has 0 aliphatic carbocycles. The molecule has 0 spiro atoms. The molecule has 1 aromatic heterocycles. The van der Waals surface area contributed by atoms with Gasteiger partial charge in [-0.05, 0) is 30.4 Å². The highest BCUT2D eigenvalue weighted by Gasteiger charge is 2.12. The van der Waals surface area contributed by atoms with Crippen molar-refractivity contribution in [2.24, 2.45) is 0 Å². The molecule has 0 aliphatic heterocycles. The third-order valence-electron chi connectivity index (χ3n) is 3.00. The van der Waals surface area contributed by atoms with Crippen LogP contribution in [0.2, 0.25) is 5.02 Å². The molecule has 3 aromatic rings. The number of amides is 1. The van der Waals surface area contributed by atoms with Crippen LogP contribution in [0, 0.1) is 4.77 Å². The Morgan fingerprint density at radius 1 is 1.18 bits per heavy atom. The summed E-state index contributed by atoms with van der Waals surface area (Å²) in [5.41, 5.74) is 4.00. The average molecular weight is 331 g/mol. The molecule has 1 heterocycles. The third-order valence-corrected chi connectivity index (χ3v) is 3.51. The SMILES string of the molecule is O=C(Nn1c(-c2ccccc2)n[nH]c1=S)c1cccc(Cl)c1. The Hall–Kier alpha value is -2.44.